The summed E-state index contributed by atoms with van der Waals surface area (Å²) in [7, 11) is -16.5. The number of aliphatic hydroxyl groups excluding tert-OH is 3. The van der Waals surface area contributed by atoms with Crippen molar-refractivity contribution >= 4 is 46.1 Å². The number of amides is 1. The maximum Gasteiger partial charge on any atom is 0.470 e. The summed E-state index contributed by atoms with van der Waals surface area (Å²) in [6, 6.07) is 2.62. The number of aliphatic hydroxyl groups is 3. The highest BCUT2D eigenvalue weighted by molar-refractivity contribution is 7.54. The minimum atomic E-state index is -5.67. The molecule has 0 saturated carbocycles. The van der Waals surface area contributed by atoms with Crippen LogP contribution in [0.4, 0.5) is 5.82 Å². The van der Waals surface area contributed by atoms with Crippen LogP contribution in [0.1, 0.15) is 22.8 Å². The number of aromatic nitrogens is 5. The van der Waals surface area contributed by atoms with Gasteiger partial charge in [0.15, 0.2) is 42.0 Å². The van der Waals surface area contributed by atoms with Crippen molar-refractivity contribution in [3.63, 3.8) is 0 Å². The second-order valence-corrected chi connectivity index (χ2v) is 14.7. The highest BCUT2D eigenvalue weighted by atomic mass is 31.2. The van der Waals surface area contributed by atoms with Crippen molar-refractivity contribution in [2.24, 2.45) is 5.73 Å². The minimum absolute atomic E-state index is 0.0248. The molecule has 0 radical (unpaired) electrons. The van der Waals surface area contributed by atoms with E-state index in [1.165, 1.54) is 18.3 Å². The molecule has 10 unspecified atom stereocenters. The molecule has 2 aliphatic rings. The Morgan fingerprint density at radius 1 is 1.02 bits per heavy atom. The fourth-order valence-corrected chi connectivity index (χ4v) is 7.99. The molecule has 3 aromatic heterocycles. The first-order valence-corrected chi connectivity index (χ1v) is 18.0. The van der Waals surface area contributed by atoms with Gasteiger partial charge in [0.1, 0.15) is 47.9 Å². The van der Waals surface area contributed by atoms with Crippen LogP contribution in [-0.4, -0.2) is 114 Å². The summed E-state index contributed by atoms with van der Waals surface area (Å²) < 4.78 is 64.6. The number of nitrogen functional groups attached to an aromatic ring is 1. The highest BCUT2D eigenvalue weighted by Crippen LogP contribution is 2.58. The van der Waals surface area contributed by atoms with E-state index in [9.17, 15) is 58.3 Å². The number of hydrogen-bond donors (Lipinski definition) is 10. The van der Waals surface area contributed by atoms with E-state index < -0.39 is 90.7 Å². The molecule has 12 N–H and O–H groups in total. The Bertz CT molecular complexity index is 1820. The lowest BCUT2D eigenvalue weighted by atomic mass is 10.1. The number of nitrogens with zero attached hydrogens (tertiary/aromatic N) is 5. The largest absolute Gasteiger partial charge is 0.470 e. The number of anilines is 1. The summed E-state index contributed by atoms with van der Waals surface area (Å²) in [4.78, 5) is 72.2. The predicted molar refractivity (Wildman–Crippen MR) is 150 cm³/mol. The summed E-state index contributed by atoms with van der Waals surface area (Å²) in [6.45, 7) is -1.12. The number of imidazole rings is 1. The lowest BCUT2D eigenvalue weighted by Gasteiger charge is -2.29. The number of phosphoric acid groups is 2. The second-order valence-electron chi connectivity index (χ2n) is 10.4. The molecule has 0 aromatic carbocycles. The average molecular weight is 744 g/mol. The van der Waals surface area contributed by atoms with Crippen LogP contribution in [0.3, 0.4) is 0 Å². The van der Waals surface area contributed by atoms with Gasteiger partial charge in [-0.05, 0) is 6.07 Å². The molecule has 1 amide bonds. The summed E-state index contributed by atoms with van der Waals surface area (Å²) >= 11 is 0. The van der Waals surface area contributed by atoms with Crippen LogP contribution in [0.15, 0.2) is 37.2 Å². The molecular formula is C21H29N7O17P3+. The molecule has 3 aromatic rings. The first-order chi connectivity index (χ1) is 22.3. The SMILES string of the molecule is NC(=O)c1ccc[n+](C2OC(C(OP(=O)(O)O)P(=O)(O)OCC3OC(n4cnc5c(N)ncnc54)C(OP(=O)(O)O)C3O)C(O)C2O)c1. The standard InChI is InChI=1S/C21H28N7O17P3/c22-16-10-18(25-6-24-16)28(7-26-10)20-14(44-47(35,36)37)11(29)9(42-20)5-41-46(33,34)21(45-48(38,39)40)15-12(30)13(31)19(43-15)27-3-1-2-8(4-27)17(23)32/h1-4,6-7,9,11-15,19-21,29-31H,5H2,(H8-,22,23,24,25,32,33,34,35,36,37,38,39,40)/p+1. The Hall–Kier alpha value is -2.86. The topological polar surface area (TPSA) is 376 Å². The molecule has 5 rings (SSSR count). The Labute approximate surface area is 267 Å². The third-order valence-corrected chi connectivity index (χ3v) is 9.93. The molecular weight excluding hydrogens is 715 g/mol. The van der Waals surface area contributed by atoms with Crippen molar-refractivity contribution in [1.82, 2.24) is 19.5 Å². The zero-order valence-corrected chi connectivity index (χ0v) is 26.5. The normalized spacial score (nSPS) is 30.0. The van der Waals surface area contributed by atoms with Crippen LogP contribution in [0.2, 0.25) is 0 Å². The monoisotopic (exact) mass is 744 g/mol. The summed E-state index contributed by atoms with van der Waals surface area (Å²) in [5.41, 5.74) is 11.0. The molecule has 48 heavy (non-hydrogen) atoms. The van der Waals surface area contributed by atoms with E-state index in [-0.39, 0.29) is 22.5 Å². The van der Waals surface area contributed by atoms with E-state index in [2.05, 4.69) is 19.5 Å². The van der Waals surface area contributed by atoms with Gasteiger partial charge in [-0.25, -0.2) is 24.1 Å². The van der Waals surface area contributed by atoms with E-state index in [0.717, 1.165) is 28.0 Å². The Balaban J connectivity index is 1.40. The van der Waals surface area contributed by atoms with Gasteiger partial charge >= 0.3 is 23.2 Å². The molecule has 24 nitrogen and oxygen atoms in total. The molecule has 264 valence electrons. The molecule has 0 spiro atoms. The minimum Gasteiger partial charge on any atom is -0.387 e. The van der Waals surface area contributed by atoms with Crippen molar-refractivity contribution in [1.29, 1.82) is 0 Å². The number of carbonyl (C=O) groups excluding carboxylic acids is 1. The van der Waals surface area contributed by atoms with Gasteiger partial charge in [-0.2, -0.15) is 4.57 Å². The molecule has 0 aliphatic carbocycles. The number of phosphoric ester groups is 2. The van der Waals surface area contributed by atoms with Crippen LogP contribution in [0.5, 0.6) is 0 Å². The fraction of sp³-hybridized carbons (Fsp3) is 0.476. The van der Waals surface area contributed by atoms with E-state index in [4.69, 9.17) is 30.0 Å². The van der Waals surface area contributed by atoms with Crippen LogP contribution in [0.25, 0.3) is 11.2 Å². The average Bonchev–Trinajstić information content (AvgIpc) is 3.64. The van der Waals surface area contributed by atoms with Gasteiger partial charge in [-0.3, -0.25) is 23.0 Å². The number of ether oxygens (including phenoxy) is 2. The summed E-state index contributed by atoms with van der Waals surface area (Å²) in [5, 5.41) is 32.3. The summed E-state index contributed by atoms with van der Waals surface area (Å²) in [6.07, 6.45) is -10.6. The van der Waals surface area contributed by atoms with Crippen molar-refractivity contribution in [2.45, 2.75) is 54.9 Å². The van der Waals surface area contributed by atoms with Crippen LogP contribution in [0, 0.1) is 0 Å². The molecule has 27 heteroatoms. The van der Waals surface area contributed by atoms with Crippen LogP contribution < -0.4 is 16.0 Å². The van der Waals surface area contributed by atoms with E-state index in [1.807, 2.05) is 0 Å². The zero-order valence-electron chi connectivity index (χ0n) is 23.9. The first kappa shape index (κ1) is 36.4. The Kier molecular flexibility index (Phi) is 10.2. The number of carbonyl (C=O) groups is 1. The van der Waals surface area contributed by atoms with Gasteiger partial charge in [0.05, 0.1) is 12.9 Å². The van der Waals surface area contributed by atoms with Gasteiger partial charge in [-0.15, -0.1) is 0 Å². The van der Waals surface area contributed by atoms with Crippen molar-refractivity contribution < 1.29 is 85.9 Å². The third-order valence-electron chi connectivity index (χ3n) is 7.18. The maximum absolute atomic E-state index is 13.5. The Morgan fingerprint density at radius 3 is 2.38 bits per heavy atom. The van der Waals surface area contributed by atoms with E-state index in [0.29, 0.717) is 0 Å². The van der Waals surface area contributed by atoms with Gasteiger partial charge in [0.2, 0.25) is 0 Å². The van der Waals surface area contributed by atoms with Gasteiger partial charge < -0.3 is 65.3 Å². The smallest absolute Gasteiger partial charge is 0.387 e. The number of rotatable bonds is 12. The van der Waals surface area contributed by atoms with Gasteiger partial charge in [-0.1, -0.05) is 0 Å². The van der Waals surface area contributed by atoms with E-state index >= 15 is 0 Å². The molecule has 5 heterocycles. The van der Waals surface area contributed by atoms with Crippen molar-refractivity contribution in [3.8, 4) is 0 Å². The highest BCUT2D eigenvalue weighted by Gasteiger charge is 2.58. The molecule has 10 atom stereocenters. The first-order valence-electron chi connectivity index (χ1n) is 13.3. The number of pyridine rings is 1. The second kappa shape index (κ2) is 13.5. The maximum atomic E-state index is 13.5. The van der Waals surface area contributed by atoms with Crippen LogP contribution >= 0.6 is 23.2 Å². The van der Waals surface area contributed by atoms with E-state index in [1.54, 1.807) is 0 Å². The molecule has 2 aliphatic heterocycles. The third kappa shape index (κ3) is 7.64. The lowest BCUT2D eigenvalue weighted by molar-refractivity contribution is -0.766. The number of fused-ring (bicyclic) bond motifs is 1. The molecule has 2 fully saturated rings. The lowest BCUT2D eigenvalue weighted by Crippen LogP contribution is -2.46. The zero-order chi connectivity index (χ0) is 35.3. The van der Waals surface area contributed by atoms with Crippen molar-refractivity contribution in [2.75, 3.05) is 12.3 Å². The number of nitrogens with two attached hydrogens (primary N) is 2. The molecule has 2 saturated heterocycles. The van der Waals surface area contributed by atoms with Crippen LogP contribution in [-0.2, 0) is 36.7 Å². The Morgan fingerprint density at radius 2 is 1.73 bits per heavy atom. The quantitative estimate of drug-likeness (QED) is 0.0635. The summed E-state index contributed by atoms with van der Waals surface area (Å²) in [5.74, 6) is -3.67. The molecule has 0 bridgehead atoms. The van der Waals surface area contributed by atoms with Gasteiger partial charge in [0, 0.05) is 6.07 Å². The van der Waals surface area contributed by atoms with Gasteiger partial charge in [0.25, 0.3) is 12.1 Å². The number of hydrogen-bond acceptors (Lipinski definition) is 16. The number of primary amides is 1. The van der Waals surface area contributed by atoms with Crippen molar-refractivity contribution in [3.05, 3.63) is 42.7 Å². The predicted octanol–water partition coefficient (Wildman–Crippen LogP) is -3.51. The fourth-order valence-electron chi connectivity index (χ4n) is 5.07.